The second-order valence-corrected chi connectivity index (χ2v) is 5.10. The third-order valence-electron chi connectivity index (χ3n) is 3.47. The first-order valence-electron chi connectivity index (χ1n) is 7.49. The van der Waals surface area contributed by atoms with Crippen LogP contribution in [-0.4, -0.2) is 13.6 Å². The minimum absolute atomic E-state index is 1.01. The Morgan fingerprint density at radius 2 is 1.25 bits per heavy atom. The van der Waals surface area contributed by atoms with Gasteiger partial charge < -0.3 is 5.32 Å². The Labute approximate surface area is 103 Å². The van der Waals surface area contributed by atoms with Crippen molar-refractivity contribution in [2.45, 2.75) is 78.1 Å². The summed E-state index contributed by atoms with van der Waals surface area (Å²) in [5, 5.41) is 3.26. The maximum atomic E-state index is 3.26. The quantitative estimate of drug-likeness (QED) is 0.474. The van der Waals surface area contributed by atoms with Crippen molar-refractivity contribution in [3.05, 3.63) is 0 Å². The van der Waals surface area contributed by atoms with Gasteiger partial charge in [0.15, 0.2) is 0 Å². The van der Waals surface area contributed by atoms with Crippen LogP contribution >= 0.6 is 0 Å². The molecule has 0 fully saturated rings. The Balaban J connectivity index is 3.58. The Kier molecular flexibility index (Phi) is 13.0. The van der Waals surface area contributed by atoms with Gasteiger partial charge in [0, 0.05) is 0 Å². The Morgan fingerprint density at radius 3 is 1.69 bits per heavy atom. The summed E-state index contributed by atoms with van der Waals surface area (Å²) in [7, 11) is 2.06. The molecule has 0 unspecified atom stereocenters. The summed E-state index contributed by atoms with van der Waals surface area (Å²) in [5.74, 6) is 1.01. The van der Waals surface area contributed by atoms with Gasteiger partial charge in [-0.3, -0.25) is 0 Å². The van der Waals surface area contributed by atoms with Crippen molar-refractivity contribution in [3.8, 4) is 0 Å². The maximum Gasteiger partial charge on any atom is -0.00518 e. The molecule has 0 spiro atoms. The van der Waals surface area contributed by atoms with Crippen molar-refractivity contribution >= 4 is 0 Å². The first-order chi connectivity index (χ1) is 7.85. The van der Waals surface area contributed by atoms with Crippen LogP contribution in [0.2, 0.25) is 0 Å². The SMILES string of the molecule is CCCCCC(CCCCC)CCCNC. The van der Waals surface area contributed by atoms with Gasteiger partial charge in [-0.1, -0.05) is 65.2 Å². The molecule has 0 atom stereocenters. The van der Waals surface area contributed by atoms with Crippen LogP contribution in [0.15, 0.2) is 0 Å². The summed E-state index contributed by atoms with van der Waals surface area (Å²) in [6, 6.07) is 0. The van der Waals surface area contributed by atoms with E-state index in [1.54, 1.807) is 0 Å². The molecule has 0 saturated heterocycles. The molecule has 0 amide bonds. The highest BCUT2D eigenvalue weighted by Gasteiger charge is 2.07. The molecule has 0 bridgehead atoms. The minimum atomic E-state index is 1.01. The van der Waals surface area contributed by atoms with E-state index in [0.717, 1.165) is 5.92 Å². The third-order valence-corrected chi connectivity index (χ3v) is 3.47. The number of hydrogen-bond donors (Lipinski definition) is 1. The van der Waals surface area contributed by atoms with E-state index in [4.69, 9.17) is 0 Å². The average molecular weight is 227 g/mol. The summed E-state index contributed by atoms with van der Waals surface area (Å²) in [6.07, 6.45) is 14.2. The summed E-state index contributed by atoms with van der Waals surface area (Å²) in [4.78, 5) is 0. The van der Waals surface area contributed by atoms with Gasteiger partial charge in [-0.05, 0) is 32.4 Å². The molecule has 0 heterocycles. The average Bonchev–Trinajstić information content (AvgIpc) is 2.29. The fourth-order valence-electron chi connectivity index (χ4n) is 2.37. The molecular weight excluding hydrogens is 194 g/mol. The lowest BCUT2D eigenvalue weighted by Crippen LogP contribution is -2.10. The molecular formula is C15H33N. The lowest BCUT2D eigenvalue weighted by molar-refractivity contribution is 0.375. The maximum absolute atomic E-state index is 3.26. The van der Waals surface area contributed by atoms with Crippen molar-refractivity contribution < 1.29 is 0 Å². The van der Waals surface area contributed by atoms with E-state index < -0.39 is 0 Å². The number of unbranched alkanes of at least 4 members (excludes halogenated alkanes) is 4. The fourth-order valence-corrected chi connectivity index (χ4v) is 2.37. The molecule has 0 aromatic heterocycles. The van der Waals surface area contributed by atoms with E-state index in [-0.39, 0.29) is 0 Å². The standard InChI is InChI=1S/C15H33N/c1-4-6-8-11-15(12-9-7-5-2)13-10-14-16-3/h15-16H,4-14H2,1-3H3. The molecule has 1 nitrogen and oxygen atoms in total. The number of rotatable bonds is 12. The van der Waals surface area contributed by atoms with Crippen molar-refractivity contribution in [1.29, 1.82) is 0 Å². The molecule has 0 saturated carbocycles. The monoisotopic (exact) mass is 227 g/mol. The summed E-state index contributed by atoms with van der Waals surface area (Å²) in [6.45, 7) is 5.79. The predicted octanol–water partition coefficient (Wildman–Crippen LogP) is 4.76. The van der Waals surface area contributed by atoms with E-state index in [0.29, 0.717) is 0 Å². The van der Waals surface area contributed by atoms with Gasteiger partial charge in [-0.15, -0.1) is 0 Å². The highest BCUT2D eigenvalue weighted by atomic mass is 14.8. The first kappa shape index (κ1) is 16.0. The molecule has 0 radical (unpaired) electrons. The van der Waals surface area contributed by atoms with Crippen molar-refractivity contribution in [3.63, 3.8) is 0 Å². The molecule has 16 heavy (non-hydrogen) atoms. The van der Waals surface area contributed by atoms with Crippen LogP contribution < -0.4 is 5.32 Å². The molecule has 1 heteroatoms. The predicted molar refractivity (Wildman–Crippen MR) is 74.9 cm³/mol. The largest absolute Gasteiger partial charge is 0.320 e. The molecule has 0 rings (SSSR count). The van der Waals surface area contributed by atoms with E-state index in [9.17, 15) is 0 Å². The lowest BCUT2D eigenvalue weighted by Gasteiger charge is -2.16. The van der Waals surface area contributed by atoms with E-state index in [2.05, 4.69) is 26.2 Å². The van der Waals surface area contributed by atoms with Gasteiger partial charge in [0.05, 0.1) is 0 Å². The third kappa shape index (κ3) is 10.5. The van der Waals surface area contributed by atoms with Crippen LogP contribution in [0.3, 0.4) is 0 Å². The second kappa shape index (κ2) is 13.0. The number of hydrogen-bond acceptors (Lipinski definition) is 1. The van der Waals surface area contributed by atoms with Crippen molar-refractivity contribution in [2.24, 2.45) is 5.92 Å². The van der Waals surface area contributed by atoms with E-state index in [1.165, 1.54) is 70.8 Å². The Bertz CT molecular complexity index is 98.8. The summed E-state index contributed by atoms with van der Waals surface area (Å²) >= 11 is 0. The van der Waals surface area contributed by atoms with Crippen LogP contribution in [0.1, 0.15) is 78.1 Å². The smallest absolute Gasteiger partial charge is 0.00518 e. The topological polar surface area (TPSA) is 12.0 Å². The minimum Gasteiger partial charge on any atom is -0.320 e. The lowest BCUT2D eigenvalue weighted by atomic mass is 9.91. The van der Waals surface area contributed by atoms with E-state index in [1.807, 2.05) is 0 Å². The van der Waals surface area contributed by atoms with E-state index >= 15 is 0 Å². The fraction of sp³-hybridized carbons (Fsp3) is 1.00. The van der Waals surface area contributed by atoms with Crippen LogP contribution in [0.4, 0.5) is 0 Å². The van der Waals surface area contributed by atoms with Gasteiger partial charge in [-0.25, -0.2) is 0 Å². The Hall–Kier alpha value is -0.0400. The first-order valence-corrected chi connectivity index (χ1v) is 7.49. The molecule has 1 N–H and O–H groups in total. The molecule has 0 aliphatic rings. The zero-order valence-electron chi connectivity index (χ0n) is 11.9. The molecule has 0 aliphatic heterocycles. The molecule has 0 aromatic carbocycles. The summed E-state index contributed by atoms with van der Waals surface area (Å²) < 4.78 is 0. The van der Waals surface area contributed by atoms with Crippen LogP contribution in [0.25, 0.3) is 0 Å². The van der Waals surface area contributed by atoms with Crippen LogP contribution in [0.5, 0.6) is 0 Å². The highest BCUT2D eigenvalue weighted by molar-refractivity contribution is 4.61. The van der Waals surface area contributed by atoms with Crippen molar-refractivity contribution in [2.75, 3.05) is 13.6 Å². The Morgan fingerprint density at radius 1 is 0.750 bits per heavy atom. The van der Waals surface area contributed by atoms with Gasteiger partial charge in [0.1, 0.15) is 0 Å². The number of nitrogens with one attached hydrogen (secondary N) is 1. The zero-order valence-corrected chi connectivity index (χ0v) is 11.9. The molecule has 98 valence electrons. The molecule has 0 aromatic rings. The van der Waals surface area contributed by atoms with Crippen LogP contribution in [0, 0.1) is 5.92 Å². The highest BCUT2D eigenvalue weighted by Crippen LogP contribution is 2.21. The van der Waals surface area contributed by atoms with Gasteiger partial charge >= 0.3 is 0 Å². The van der Waals surface area contributed by atoms with Crippen molar-refractivity contribution in [1.82, 2.24) is 5.32 Å². The van der Waals surface area contributed by atoms with Gasteiger partial charge in [0.2, 0.25) is 0 Å². The van der Waals surface area contributed by atoms with Gasteiger partial charge in [-0.2, -0.15) is 0 Å². The normalized spacial score (nSPS) is 11.2. The molecule has 0 aliphatic carbocycles. The second-order valence-electron chi connectivity index (χ2n) is 5.10. The summed E-state index contributed by atoms with van der Waals surface area (Å²) in [5.41, 5.74) is 0. The van der Waals surface area contributed by atoms with Crippen LogP contribution in [-0.2, 0) is 0 Å². The van der Waals surface area contributed by atoms with Gasteiger partial charge in [0.25, 0.3) is 0 Å². The zero-order chi connectivity index (χ0) is 12.1.